The summed E-state index contributed by atoms with van der Waals surface area (Å²) >= 11 is 0. The molecule has 0 radical (unpaired) electrons. The smallest absolute Gasteiger partial charge is 0.317 e. The largest absolute Gasteiger partial charge is 0.481 e. The molecule has 0 aromatic heterocycles. The summed E-state index contributed by atoms with van der Waals surface area (Å²) in [7, 11) is 0. The van der Waals surface area contributed by atoms with Gasteiger partial charge in [0, 0.05) is 19.1 Å². The van der Waals surface area contributed by atoms with Gasteiger partial charge in [0.1, 0.15) is 0 Å². The van der Waals surface area contributed by atoms with Gasteiger partial charge in [-0.2, -0.15) is 0 Å². The van der Waals surface area contributed by atoms with Crippen molar-refractivity contribution < 1.29 is 14.7 Å². The predicted molar refractivity (Wildman–Crippen MR) is 69.4 cm³/mol. The van der Waals surface area contributed by atoms with E-state index in [2.05, 4.69) is 5.32 Å². The van der Waals surface area contributed by atoms with E-state index in [1.807, 2.05) is 26.8 Å². The zero-order valence-electron chi connectivity index (χ0n) is 11.3. The first kappa shape index (κ1) is 14.5. The number of nitrogens with one attached hydrogen (secondary N) is 1. The third-order valence-electron chi connectivity index (χ3n) is 3.25. The lowest BCUT2D eigenvalue weighted by molar-refractivity contribution is -0.143. The number of piperidine rings is 1. The third-order valence-corrected chi connectivity index (χ3v) is 3.25. The van der Waals surface area contributed by atoms with Crippen molar-refractivity contribution in [3.05, 3.63) is 11.6 Å². The van der Waals surface area contributed by atoms with E-state index in [0.717, 1.165) is 5.57 Å². The highest BCUT2D eigenvalue weighted by molar-refractivity contribution is 5.76. The normalized spacial score (nSPS) is 23.4. The maximum atomic E-state index is 11.9. The average molecular weight is 254 g/mol. The Kier molecular flexibility index (Phi) is 5.19. The van der Waals surface area contributed by atoms with Crippen molar-refractivity contribution in [3.8, 4) is 0 Å². The van der Waals surface area contributed by atoms with Crippen LogP contribution in [0.5, 0.6) is 0 Å². The molecular weight excluding hydrogens is 232 g/mol. The van der Waals surface area contributed by atoms with E-state index >= 15 is 0 Å². The maximum absolute atomic E-state index is 11.9. The topological polar surface area (TPSA) is 69.6 Å². The molecule has 0 bridgehead atoms. The lowest BCUT2D eigenvalue weighted by Crippen LogP contribution is -2.50. The Balaban J connectivity index is 2.45. The molecule has 5 heteroatoms. The van der Waals surface area contributed by atoms with Gasteiger partial charge in [-0.1, -0.05) is 11.6 Å². The molecular formula is C13H22N2O3. The summed E-state index contributed by atoms with van der Waals surface area (Å²) in [5, 5.41) is 11.8. The lowest BCUT2D eigenvalue weighted by atomic mass is 9.92. The summed E-state index contributed by atoms with van der Waals surface area (Å²) in [4.78, 5) is 24.5. The Hall–Kier alpha value is -1.52. The second kappa shape index (κ2) is 6.42. The number of allylic oxidation sites excluding steroid dienone is 1. The summed E-state index contributed by atoms with van der Waals surface area (Å²) in [6.45, 7) is 6.89. The van der Waals surface area contributed by atoms with Crippen LogP contribution in [0, 0.1) is 5.92 Å². The summed E-state index contributed by atoms with van der Waals surface area (Å²) in [5.74, 6) is -1.08. The molecule has 1 rings (SSSR count). The number of hydrogen-bond donors (Lipinski definition) is 2. The Morgan fingerprint density at radius 1 is 1.44 bits per heavy atom. The van der Waals surface area contributed by atoms with E-state index in [-0.39, 0.29) is 18.0 Å². The minimum absolute atomic E-state index is 0.0217. The van der Waals surface area contributed by atoms with E-state index in [9.17, 15) is 9.59 Å². The van der Waals surface area contributed by atoms with Gasteiger partial charge in [-0.3, -0.25) is 4.79 Å². The van der Waals surface area contributed by atoms with Gasteiger partial charge in [-0.05, 0) is 33.6 Å². The molecule has 2 unspecified atom stereocenters. The van der Waals surface area contributed by atoms with Gasteiger partial charge in [-0.25, -0.2) is 4.79 Å². The van der Waals surface area contributed by atoms with E-state index in [1.165, 1.54) is 0 Å². The second-order valence-electron chi connectivity index (χ2n) is 5.07. The molecule has 0 aromatic carbocycles. The number of hydrogen-bond acceptors (Lipinski definition) is 2. The molecule has 5 nitrogen and oxygen atoms in total. The van der Waals surface area contributed by atoms with Crippen LogP contribution in [-0.4, -0.2) is 41.1 Å². The Labute approximate surface area is 108 Å². The molecule has 0 aliphatic carbocycles. The van der Waals surface area contributed by atoms with Gasteiger partial charge in [0.05, 0.1) is 5.92 Å². The molecule has 2 amide bonds. The highest BCUT2D eigenvalue weighted by Gasteiger charge is 2.31. The molecule has 18 heavy (non-hydrogen) atoms. The Bertz CT molecular complexity index is 348. The Morgan fingerprint density at radius 3 is 2.61 bits per heavy atom. The summed E-state index contributed by atoms with van der Waals surface area (Å²) in [6, 6.07) is -0.129. The van der Waals surface area contributed by atoms with Crippen LogP contribution < -0.4 is 5.32 Å². The number of carbonyl (C=O) groups is 2. The minimum Gasteiger partial charge on any atom is -0.481 e. The van der Waals surface area contributed by atoms with Gasteiger partial charge < -0.3 is 15.3 Å². The van der Waals surface area contributed by atoms with Crippen molar-refractivity contribution in [2.24, 2.45) is 5.92 Å². The average Bonchev–Trinajstić information content (AvgIpc) is 2.27. The number of rotatable bonds is 3. The lowest BCUT2D eigenvalue weighted by Gasteiger charge is -2.36. The summed E-state index contributed by atoms with van der Waals surface area (Å²) < 4.78 is 0. The molecule has 102 valence electrons. The fourth-order valence-corrected chi connectivity index (χ4v) is 2.14. The monoisotopic (exact) mass is 254 g/mol. The highest BCUT2D eigenvalue weighted by Crippen LogP contribution is 2.22. The SMILES string of the molecule is CC(C)=CCNC(=O)N1CCC(C(=O)O)CC1C. The molecule has 1 heterocycles. The van der Waals surface area contributed by atoms with E-state index in [1.54, 1.807) is 4.90 Å². The number of carbonyl (C=O) groups excluding carboxylic acids is 1. The van der Waals surface area contributed by atoms with Crippen molar-refractivity contribution >= 4 is 12.0 Å². The number of carboxylic acid groups (broad SMARTS) is 1. The molecule has 0 aromatic rings. The van der Waals surface area contributed by atoms with Crippen LogP contribution in [0.4, 0.5) is 4.79 Å². The third kappa shape index (κ3) is 4.05. The minimum atomic E-state index is -0.758. The number of carboxylic acids is 1. The zero-order valence-corrected chi connectivity index (χ0v) is 11.3. The fourth-order valence-electron chi connectivity index (χ4n) is 2.14. The van der Waals surface area contributed by atoms with Crippen LogP contribution in [0.1, 0.15) is 33.6 Å². The van der Waals surface area contributed by atoms with Crippen molar-refractivity contribution in [2.45, 2.75) is 39.7 Å². The van der Waals surface area contributed by atoms with Gasteiger partial charge in [0.15, 0.2) is 0 Å². The first-order valence-electron chi connectivity index (χ1n) is 6.32. The number of amides is 2. The molecule has 2 N–H and O–H groups in total. The standard InChI is InChI=1S/C13H22N2O3/c1-9(2)4-6-14-13(18)15-7-5-11(12(16)17)8-10(15)3/h4,10-11H,5-8H2,1-3H3,(H,14,18)(H,16,17). The number of urea groups is 1. The number of likely N-dealkylation sites (tertiary alicyclic amines) is 1. The maximum Gasteiger partial charge on any atom is 0.317 e. The van der Waals surface area contributed by atoms with E-state index in [0.29, 0.717) is 25.9 Å². The molecule has 0 saturated carbocycles. The molecule has 2 atom stereocenters. The summed E-state index contributed by atoms with van der Waals surface area (Å²) in [5.41, 5.74) is 1.16. The highest BCUT2D eigenvalue weighted by atomic mass is 16.4. The van der Waals surface area contributed by atoms with E-state index in [4.69, 9.17) is 5.11 Å². The molecule has 1 saturated heterocycles. The van der Waals surface area contributed by atoms with Gasteiger partial charge in [0.25, 0.3) is 0 Å². The van der Waals surface area contributed by atoms with Crippen LogP contribution in [0.3, 0.4) is 0 Å². The Morgan fingerprint density at radius 2 is 2.11 bits per heavy atom. The molecule has 1 fully saturated rings. The van der Waals surface area contributed by atoms with Crippen molar-refractivity contribution in [3.63, 3.8) is 0 Å². The van der Waals surface area contributed by atoms with Crippen LogP contribution in [-0.2, 0) is 4.79 Å². The first-order chi connectivity index (χ1) is 8.41. The zero-order chi connectivity index (χ0) is 13.7. The van der Waals surface area contributed by atoms with Crippen LogP contribution in [0.2, 0.25) is 0 Å². The van der Waals surface area contributed by atoms with Crippen LogP contribution in [0.15, 0.2) is 11.6 Å². The second-order valence-corrected chi connectivity index (χ2v) is 5.07. The fraction of sp³-hybridized carbons (Fsp3) is 0.692. The predicted octanol–water partition coefficient (Wildman–Crippen LogP) is 1.85. The van der Waals surface area contributed by atoms with Crippen LogP contribution >= 0.6 is 0 Å². The first-order valence-corrected chi connectivity index (χ1v) is 6.32. The number of aliphatic carboxylic acids is 1. The summed E-state index contributed by atoms with van der Waals surface area (Å²) in [6.07, 6.45) is 3.02. The van der Waals surface area contributed by atoms with Crippen molar-refractivity contribution in [2.75, 3.05) is 13.1 Å². The van der Waals surface area contributed by atoms with E-state index < -0.39 is 5.97 Å². The van der Waals surface area contributed by atoms with Gasteiger partial charge >= 0.3 is 12.0 Å². The van der Waals surface area contributed by atoms with Crippen molar-refractivity contribution in [1.82, 2.24) is 10.2 Å². The van der Waals surface area contributed by atoms with Gasteiger partial charge in [-0.15, -0.1) is 0 Å². The molecule has 1 aliphatic heterocycles. The molecule has 1 aliphatic rings. The van der Waals surface area contributed by atoms with Crippen LogP contribution in [0.25, 0.3) is 0 Å². The van der Waals surface area contributed by atoms with Crippen molar-refractivity contribution in [1.29, 1.82) is 0 Å². The molecule has 0 spiro atoms. The number of nitrogens with zero attached hydrogens (tertiary/aromatic N) is 1. The van der Waals surface area contributed by atoms with Gasteiger partial charge in [0.2, 0.25) is 0 Å². The quantitative estimate of drug-likeness (QED) is 0.755.